The van der Waals surface area contributed by atoms with E-state index in [1.54, 1.807) is 6.07 Å². The third-order valence-electron chi connectivity index (χ3n) is 3.94. The summed E-state index contributed by atoms with van der Waals surface area (Å²) >= 11 is 0. The van der Waals surface area contributed by atoms with Crippen LogP contribution in [0, 0.1) is 0 Å². The van der Waals surface area contributed by atoms with Crippen LogP contribution in [0.15, 0.2) is 24.3 Å². The van der Waals surface area contributed by atoms with Gasteiger partial charge in [0, 0.05) is 31.7 Å². The molecule has 0 bridgehead atoms. The Morgan fingerprint density at radius 1 is 1.20 bits per heavy atom. The second-order valence-corrected chi connectivity index (χ2v) is 5.42. The lowest BCUT2D eigenvalue weighted by molar-refractivity contribution is -0.138. The minimum Gasteiger partial charge on any atom is -0.323 e. The highest BCUT2D eigenvalue weighted by Crippen LogP contribution is 2.35. The van der Waals surface area contributed by atoms with Gasteiger partial charge in [-0.2, -0.15) is 13.2 Å². The number of rotatable bonds is 2. The number of alkyl halides is 3. The molecule has 1 aliphatic heterocycles. The predicted octanol–water partition coefficient (Wildman–Crippen LogP) is 1.95. The van der Waals surface area contributed by atoms with E-state index < -0.39 is 17.8 Å². The SMILES string of the molecule is CN1CCN(C)C(C(N)c2ccccc2C(F)(F)F)C1. The van der Waals surface area contributed by atoms with Crippen molar-refractivity contribution < 1.29 is 13.2 Å². The molecule has 0 amide bonds. The largest absolute Gasteiger partial charge is 0.416 e. The van der Waals surface area contributed by atoms with Gasteiger partial charge >= 0.3 is 6.18 Å². The van der Waals surface area contributed by atoms with Crippen molar-refractivity contribution in [2.75, 3.05) is 33.7 Å². The monoisotopic (exact) mass is 287 g/mol. The second-order valence-electron chi connectivity index (χ2n) is 5.42. The molecule has 1 fully saturated rings. The number of nitrogens with zero attached hydrogens (tertiary/aromatic N) is 2. The van der Waals surface area contributed by atoms with Crippen LogP contribution in [-0.2, 0) is 6.18 Å². The normalized spacial score (nSPS) is 23.8. The van der Waals surface area contributed by atoms with Gasteiger partial charge in [-0.1, -0.05) is 18.2 Å². The minimum absolute atomic E-state index is 0.114. The molecule has 1 aromatic rings. The number of benzene rings is 1. The summed E-state index contributed by atoms with van der Waals surface area (Å²) in [5.41, 5.74) is 5.69. The van der Waals surface area contributed by atoms with Gasteiger partial charge in [-0.15, -0.1) is 0 Å². The van der Waals surface area contributed by atoms with Gasteiger partial charge in [0.15, 0.2) is 0 Å². The molecule has 0 aromatic heterocycles. The number of nitrogens with two attached hydrogens (primary N) is 1. The number of halogens is 3. The number of hydrogen-bond donors (Lipinski definition) is 1. The van der Waals surface area contributed by atoms with Crippen molar-refractivity contribution in [3.05, 3.63) is 35.4 Å². The van der Waals surface area contributed by atoms with Gasteiger partial charge in [-0.3, -0.25) is 4.90 Å². The maximum atomic E-state index is 13.1. The van der Waals surface area contributed by atoms with E-state index in [0.717, 1.165) is 19.2 Å². The molecule has 1 aromatic carbocycles. The van der Waals surface area contributed by atoms with E-state index in [9.17, 15) is 13.2 Å². The highest BCUT2D eigenvalue weighted by Gasteiger charge is 2.37. The van der Waals surface area contributed by atoms with Gasteiger partial charge in [-0.25, -0.2) is 0 Å². The van der Waals surface area contributed by atoms with Crippen molar-refractivity contribution in [1.29, 1.82) is 0 Å². The third kappa shape index (κ3) is 3.13. The maximum Gasteiger partial charge on any atom is 0.416 e. The molecule has 1 saturated heterocycles. The van der Waals surface area contributed by atoms with E-state index in [1.165, 1.54) is 12.1 Å². The fourth-order valence-electron chi connectivity index (χ4n) is 2.69. The quantitative estimate of drug-likeness (QED) is 0.902. The van der Waals surface area contributed by atoms with Gasteiger partial charge in [0.2, 0.25) is 0 Å². The zero-order valence-corrected chi connectivity index (χ0v) is 11.7. The molecule has 112 valence electrons. The van der Waals surface area contributed by atoms with Crippen molar-refractivity contribution in [3.8, 4) is 0 Å². The first-order chi connectivity index (χ1) is 9.30. The highest BCUT2D eigenvalue weighted by molar-refractivity contribution is 5.33. The molecule has 6 heteroatoms. The molecule has 0 saturated carbocycles. The van der Waals surface area contributed by atoms with Crippen LogP contribution >= 0.6 is 0 Å². The number of piperazine rings is 1. The lowest BCUT2D eigenvalue weighted by Gasteiger charge is -2.41. The van der Waals surface area contributed by atoms with Gasteiger partial charge < -0.3 is 10.6 Å². The minimum atomic E-state index is -4.37. The average Bonchev–Trinajstić information content (AvgIpc) is 2.40. The Morgan fingerprint density at radius 3 is 2.50 bits per heavy atom. The van der Waals surface area contributed by atoms with Crippen LogP contribution in [-0.4, -0.2) is 49.6 Å². The van der Waals surface area contributed by atoms with E-state index in [0.29, 0.717) is 6.54 Å². The smallest absolute Gasteiger partial charge is 0.323 e. The van der Waals surface area contributed by atoms with E-state index in [2.05, 4.69) is 4.90 Å². The fraction of sp³-hybridized carbons (Fsp3) is 0.571. The molecule has 0 radical (unpaired) electrons. The van der Waals surface area contributed by atoms with Crippen LogP contribution in [0.3, 0.4) is 0 Å². The van der Waals surface area contributed by atoms with E-state index >= 15 is 0 Å². The summed E-state index contributed by atoms with van der Waals surface area (Å²) in [6.07, 6.45) is -4.37. The molecule has 2 rings (SSSR count). The molecule has 2 atom stereocenters. The summed E-state index contributed by atoms with van der Waals surface area (Å²) in [5.74, 6) is 0. The molecule has 2 N–H and O–H groups in total. The van der Waals surface area contributed by atoms with E-state index in [4.69, 9.17) is 5.73 Å². The summed E-state index contributed by atoms with van der Waals surface area (Å²) in [7, 11) is 3.87. The molecular weight excluding hydrogens is 267 g/mol. The molecular formula is C14H20F3N3. The molecule has 0 aliphatic carbocycles. The maximum absolute atomic E-state index is 13.1. The highest BCUT2D eigenvalue weighted by atomic mass is 19.4. The molecule has 0 spiro atoms. The van der Waals surface area contributed by atoms with Crippen molar-refractivity contribution >= 4 is 0 Å². The Hall–Kier alpha value is -1.11. The predicted molar refractivity (Wildman–Crippen MR) is 72.3 cm³/mol. The first-order valence-corrected chi connectivity index (χ1v) is 6.61. The van der Waals surface area contributed by atoms with Crippen LogP contribution in [0.2, 0.25) is 0 Å². The fourth-order valence-corrected chi connectivity index (χ4v) is 2.69. The number of hydrogen-bond acceptors (Lipinski definition) is 3. The van der Waals surface area contributed by atoms with Crippen LogP contribution < -0.4 is 5.73 Å². The summed E-state index contributed by atoms with van der Waals surface area (Å²) in [4.78, 5) is 4.14. The Labute approximate surface area is 117 Å². The zero-order valence-electron chi connectivity index (χ0n) is 11.7. The van der Waals surface area contributed by atoms with Gasteiger partial charge in [0.1, 0.15) is 0 Å². The summed E-state index contributed by atoms with van der Waals surface area (Å²) in [5, 5.41) is 0. The molecule has 2 unspecified atom stereocenters. The van der Waals surface area contributed by atoms with Crippen LogP contribution in [0.1, 0.15) is 17.2 Å². The first kappa shape index (κ1) is 15.3. The van der Waals surface area contributed by atoms with Crippen molar-refractivity contribution in [2.24, 2.45) is 5.73 Å². The number of likely N-dealkylation sites (N-methyl/N-ethyl adjacent to an activating group) is 2. The van der Waals surface area contributed by atoms with E-state index in [-0.39, 0.29) is 11.6 Å². The van der Waals surface area contributed by atoms with Crippen LogP contribution in [0.4, 0.5) is 13.2 Å². The summed E-state index contributed by atoms with van der Waals surface area (Å²) < 4.78 is 39.2. The van der Waals surface area contributed by atoms with Gasteiger partial charge in [-0.05, 0) is 25.7 Å². The lowest BCUT2D eigenvalue weighted by Crippen LogP contribution is -2.54. The Morgan fingerprint density at radius 2 is 1.85 bits per heavy atom. The third-order valence-corrected chi connectivity index (χ3v) is 3.94. The second kappa shape index (κ2) is 5.71. The van der Waals surface area contributed by atoms with Crippen molar-refractivity contribution in [1.82, 2.24) is 9.80 Å². The zero-order chi connectivity index (χ0) is 14.9. The van der Waals surface area contributed by atoms with Crippen molar-refractivity contribution in [3.63, 3.8) is 0 Å². The van der Waals surface area contributed by atoms with Gasteiger partial charge in [0.05, 0.1) is 5.56 Å². The standard InChI is InChI=1S/C14H20F3N3/c1-19-7-8-20(2)12(9-19)13(18)10-5-3-4-6-11(10)14(15,16)17/h3-6,12-13H,7-9,18H2,1-2H3. The summed E-state index contributed by atoms with van der Waals surface area (Å²) in [6.45, 7) is 2.38. The Bertz CT molecular complexity index is 461. The molecule has 20 heavy (non-hydrogen) atoms. The first-order valence-electron chi connectivity index (χ1n) is 6.61. The molecule has 1 heterocycles. The molecule has 3 nitrogen and oxygen atoms in total. The molecule has 1 aliphatic rings. The average molecular weight is 287 g/mol. The van der Waals surface area contributed by atoms with Crippen molar-refractivity contribution in [2.45, 2.75) is 18.3 Å². The Balaban J connectivity index is 2.31. The summed E-state index contributed by atoms with van der Waals surface area (Å²) in [6, 6.07) is 4.82. The van der Waals surface area contributed by atoms with E-state index in [1.807, 2.05) is 19.0 Å². The topological polar surface area (TPSA) is 32.5 Å². The van der Waals surface area contributed by atoms with Gasteiger partial charge in [0.25, 0.3) is 0 Å². The Kier molecular flexibility index (Phi) is 4.36. The lowest BCUT2D eigenvalue weighted by atomic mass is 9.93. The van der Waals surface area contributed by atoms with Crippen LogP contribution in [0.5, 0.6) is 0 Å². The van der Waals surface area contributed by atoms with Crippen LogP contribution in [0.25, 0.3) is 0 Å².